The van der Waals surface area contributed by atoms with Crippen molar-refractivity contribution in [3.05, 3.63) is 28.8 Å². The highest BCUT2D eigenvalue weighted by Gasteiger charge is 2.03. The third-order valence-corrected chi connectivity index (χ3v) is 2.00. The molecule has 0 bridgehead atoms. The summed E-state index contributed by atoms with van der Waals surface area (Å²) in [7, 11) is 1.58. The van der Waals surface area contributed by atoms with E-state index >= 15 is 0 Å². The second-order valence-electron chi connectivity index (χ2n) is 2.84. The minimum atomic E-state index is 0.235. The Morgan fingerprint density at radius 2 is 2.21 bits per heavy atom. The lowest BCUT2D eigenvalue weighted by Crippen LogP contribution is -2.06. The minimum absolute atomic E-state index is 0.235. The topological polar surface area (TPSA) is 44.5 Å². The van der Waals surface area contributed by atoms with Crippen LogP contribution in [0, 0.1) is 0 Å². The summed E-state index contributed by atoms with van der Waals surface area (Å²) in [6.07, 6.45) is 0.750. The van der Waals surface area contributed by atoms with Gasteiger partial charge >= 0.3 is 0 Å². The molecule has 0 aliphatic rings. The van der Waals surface area contributed by atoms with Gasteiger partial charge in [-0.3, -0.25) is 0 Å². The SMILES string of the molecule is COCOc1ccc(Cl)cc1CCN. The first-order chi connectivity index (χ1) is 6.77. The van der Waals surface area contributed by atoms with Gasteiger partial charge in [-0.25, -0.2) is 0 Å². The lowest BCUT2D eigenvalue weighted by atomic mass is 10.1. The van der Waals surface area contributed by atoms with E-state index in [9.17, 15) is 0 Å². The molecule has 0 amide bonds. The number of rotatable bonds is 5. The Labute approximate surface area is 88.8 Å². The molecule has 0 aliphatic heterocycles. The molecule has 0 spiro atoms. The van der Waals surface area contributed by atoms with Crippen molar-refractivity contribution in [2.75, 3.05) is 20.4 Å². The third kappa shape index (κ3) is 3.18. The van der Waals surface area contributed by atoms with Crippen molar-refractivity contribution in [3.63, 3.8) is 0 Å². The normalized spacial score (nSPS) is 10.2. The summed E-state index contributed by atoms with van der Waals surface area (Å²) < 4.78 is 10.2. The first kappa shape index (κ1) is 11.3. The summed E-state index contributed by atoms with van der Waals surface area (Å²) in [6.45, 7) is 0.808. The summed E-state index contributed by atoms with van der Waals surface area (Å²) >= 11 is 5.86. The second kappa shape index (κ2) is 5.86. The van der Waals surface area contributed by atoms with Crippen molar-refractivity contribution in [2.24, 2.45) is 5.73 Å². The van der Waals surface area contributed by atoms with Crippen molar-refractivity contribution in [3.8, 4) is 5.75 Å². The average Bonchev–Trinajstić information content (AvgIpc) is 2.17. The van der Waals surface area contributed by atoms with Gasteiger partial charge in [0.15, 0.2) is 6.79 Å². The van der Waals surface area contributed by atoms with Gasteiger partial charge in [0, 0.05) is 12.1 Å². The lowest BCUT2D eigenvalue weighted by molar-refractivity contribution is 0.0504. The molecule has 0 saturated heterocycles. The Bertz CT molecular complexity index is 291. The lowest BCUT2D eigenvalue weighted by Gasteiger charge is -2.10. The fourth-order valence-electron chi connectivity index (χ4n) is 1.16. The molecule has 14 heavy (non-hydrogen) atoms. The molecule has 2 N–H and O–H groups in total. The smallest absolute Gasteiger partial charge is 0.188 e. The summed E-state index contributed by atoms with van der Waals surface area (Å²) in [5.74, 6) is 0.779. The molecule has 0 unspecified atom stereocenters. The molecule has 4 heteroatoms. The van der Waals surface area contributed by atoms with Crippen molar-refractivity contribution >= 4 is 11.6 Å². The van der Waals surface area contributed by atoms with Crippen molar-refractivity contribution < 1.29 is 9.47 Å². The van der Waals surface area contributed by atoms with Crippen LogP contribution in [0.1, 0.15) is 5.56 Å². The molecule has 0 aliphatic carbocycles. The summed E-state index contributed by atoms with van der Waals surface area (Å²) in [4.78, 5) is 0. The molecule has 0 aromatic heterocycles. The number of hydrogen-bond donors (Lipinski definition) is 1. The maximum Gasteiger partial charge on any atom is 0.188 e. The molecule has 3 nitrogen and oxygen atoms in total. The highest BCUT2D eigenvalue weighted by molar-refractivity contribution is 6.30. The van der Waals surface area contributed by atoms with Gasteiger partial charge < -0.3 is 15.2 Å². The minimum Gasteiger partial charge on any atom is -0.467 e. The van der Waals surface area contributed by atoms with Crippen LogP contribution >= 0.6 is 11.6 Å². The molecule has 0 saturated carbocycles. The summed E-state index contributed by atoms with van der Waals surface area (Å²) in [5, 5.41) is 0.693. The zero-order valence-electron chi connectivity index (χ0n) is 8.13. The molecule has 0 radical (unpaired) electrons. The van der Waals surface area contributed by atoms with E-state index in [2.05, 4.69) is 0 Å². The molecule has 1 aromatic rings. The Balaban J connectivity index is 2.78. The van der Waals surface area contributed by atoms with E-state index in [-0.39, 0.29) is 6.79 Å². The first-order valence-corrected chi connectivity index (χ1v) is 4.76. The Hall–Kier alpha value is -0.770. The highest BCUT2D eigenvalue weighted by atomic mass is 35.5. The van der Waals surface area contributed by atoms with Gasteiger partial charge in [-0.05, 0) is 36.7 Å². The molecule has 1 aromatic carbocycles. The number of benzene rings is 1. The van der Waals surface area contributed by atoms with Crippen LogP contribution in [-0.2, 0) is 11.2 Å². The van der Waals surface area contributed by atoms with Crippen LogP contribution in [0.15, 0.2) is 18.2 Å². The van der Waals surface area contributed by atoms with E-state index in [0.29, 0.717) is 11.6 Å². The fraction of sp³-hybridized carbons (Fsp3) is 0.400. The molecule has 78 valence electrons. The van der Waals surface area contributed by atoms with Crippen LogP contribution in [-0.4, -0.2) is 20.4 Å². The van der Waals surface area contributed by atoms with E-state index in [4.69, 9.17) is 26.8 Å². The van der Waals surface area contributed by atoms with Crippen LogP contribution in [0.25, 0.3) is 0 Å². The molecular weight excluding hydrogens is 202 g/mol. The van der Waals surface area contributed by atoms with Gasteiger partial charge in [0.05, 0.1) is 0 Å². The Morgan fingerprint density at radius 1 is 1.43 bits per heavy atom. The number of hydrogen-bond acceptors (Lipinski definition) is 3. The van der Waals surface area contributed by atoms with Gasteiger partial charge in [0.25, 0.3) is 0 Å². The first-order valence-electron chi connectivity index (χ1n) is 4.38. The van der Waals surface area contributed by atoms with E-state index < -0.39 is 0 Å². The maximum absolute atomic E-state index is 5.86. The van der Waals surface area contributed by atoms with Crippen LogP contribution in [0.3, 0.4) is 0 Å². The standard InChI is InChI=1S/C10H14ClNO2/c1-13-7-14-10-3-2-9(11)6-8(10)4-5-12/h2-3,6H,4-5,7,12H2,1H3. The van der Waals surface area contributed by atoms with Crippen molar-refractivity contribution in [1.82, 2.24) is 0 Å². The zero-order chi connectivity index (χ0) is 10.4. The van der Waals surface area contributed by atoms with Crippen molar-refractivity contribution in [2.45, 2.75) is 6.42 Å². The molecular formula is C10H14ClNO2. The number of ether oxygens (including phenoxy) is 2. The van der Waals surface area contributed by atoms with Crippen LogP contribution < -0.4 is 10.5 Å². The highest BCUT2D eigenvalue weighted by Crippen LogP contribution is 2.23. The monoisotopic (exact) mass is 215 g/mol. The molecule has 1 rings (SSSR count). The quantitative estimate of drug-likeness (QED) is 0.763. The van der Waals surface area contributed by atoms with Gasteiger partial charge in [0.1, 0.15) is 5.75 Å². The van der Waals surface area contributed by atoms with Crippen molar-refractivity contribution in [1.29, 1.82) is 0 Å². The van der Waals surface area contributed by atoms with Crippen LogP contribution in [0.2, 0.25) is 5.02 Å². The van der Waals surface area contributed by atoms with Crippen LogP contribution in [0.5, 0.6) is 5.75 Å². The van der Waals surface area contributed by atoms with Gasteiger partial charge in [0.2, 0.25) is 0 Å². The van der Waals surface area contributed by atoms with Gasteiger partial charge in [-0.1, -0.05) is 11.6 Å². The van der Waals surface area contributed by atoms with E-state index in [1.54, 1.807) is 13.2 Å². The van der Waals surface area contributed by atoms with Crippen LogP contribution in [0.4, 0.5) is 0 Å². The van der Waals surface area contributed by atoms with Gasteiger partial charge in [-0.15, -0.1) is 0 Å². The predicted molar refractivity (Wildman–Crippen MR) is 56.7 cm³/mol. The number of nitrogens with two attached hydrogens (primary N) is 1. The molecule has 0 heterocycles. The Kier molecular flexibility index (Phi) is 4.73. The molecule has 0 atom stereocenters. The summed E-state index contributed by atoms with van der Waals surface area (Å²) in [6, 6.07) is 5.47. The number of halogens is 1. The van der Waals surface area contributed by atoms with Gasteiger partial charge in [-0.2, -0.15) is 0 Å². The molecule has 0 fully saturated rings. The fourth-order valence-corrected chi connectivity index (χ4v) is 1.36. The Morgan fingerprint density at radius 3 is 2.86 bits per heavy atom. The van der Waals surface area contributed by atoms with E-state index in [1.807, 2.05) is 12.1 Å². The largest absolute Gasteiger partial charge is 0.467 e. The average molecular weight is 216 g/mol. The zero-order valence-corrected chi connectivity index (χ0v) is 8.88. The maximum atomic E-state index is 5.86. The second-order valence-corrected chi connectivity index (χ2v) is 3.28. The number of methoxy groups -OCH3 is 1. The summed E-state index contributed by atoms with van der Waals surface area (Å²) in [5.41, 5.74) is 6.49. The van der Waals surface area contributed by atoms with E-state index in [0.717, 1.165) is 17.7 Å². The van der Waals surface area contributed by atoms with E-state index in [1.165, 1.54) is 0 Å². The predicted octanol–water partition coefficient (Wildman–Crippen LogP) is 1.82. The third-order valence-electron chi connectivity index (χ3n) is 1.77.